The van der Waals surface area contributed by atoms with Crippen molar-refractivity contribution in [3.63, 3.8) is 0 Å². The molecule has 1 aliphatic rings. The van der Waals surface area contributed by atoms with Crippen molar-refractivity contribution in [2.24, 2.45) is 0 Å². The molecule has 0 saturated carbocycles. The van der Waals surface area contributed by atoms with Gasteiger partial charge in [0.15, 0.2) is 5.43 Å². The van der Waals surface area contributed by atoms with Gasteiger partial charge in [-0.25, -0.2) is 0 Å². The number of aryl methyl sites for hydroxylation is 1. The summed E-state index contributed by atoms with van der Waals surface area (Å²) in [7, 11) is 0. The molecule has 0 aliphatic carbocycles. The highest BCUT2D eigenvalue weighted by atomic mass is 16.5. The first-order valence-electron chi connectivity index (χ1n) is 9.97. The lowest BCUT2D eigenvalue weighted by Crippen LogP contribution is -2.47. The second kappa shape index (κ2) is 8.59. The number of anilines is 1. The number of benzene rings is 2. The summed E-state index contributed by atoms with van der Waals surface area (Å²) in [5.41, 5.74) is 3.44. The van der Waals surface area contributed by atoms with Crippen LogP contribution in [0.25, 0.3) is 10.9 Å². The van der Waals surface area contributed by atoms with Crippen molar-refractivity contribution in [2.75, 3.05) is 25.0 Å². The van der Waals surface area contributed by atoms with Crippen molar-refractivity contribution < 1.29 is 9.53 Å². The van der Waals surface area contributed by atoms with Gasteiger partial charge < -0.3 is 15.0 Å². The SMILES string of the molecule is CCc1cc(=O)c2cc(NC(=O)[C@H]3CN(Cc4ccccc4)CCO3)ccc2[nH]1. The molecule has 2 heterocycles. The van der Waals surface area contributed by atoms with Gasteiger partial charge >= 0.3 is 0 Å². The number of hydrogen-bond donors (Lipinski definition) is 2. The molecule has 4 rings (SSSR count). The first-order valence-corrected chi connectivity index (χ1v) is 9.97. The van der Waals surface area contributed by atoms with Crippen molar-refractivity contribution in [2.45, 2.75) is 26.0 Å². The van der Waals surface area contributed by atoms with E-state index in [0.717, 1.165) is 30.7 Å². The Labute approximate surface area is 169 Å². The van der Waals surface area contributed by atoms with Crippen molar-refractivity contribution in [3.8, 4) is 0 Å². The average Bonchev–Trinajstić information content (AvgIpc) is 2.75. The molecule has 6 heteroatoms. The zero-order valence-corrected chi connectivity index (χ0v) is 16.5. The summed E-state index contributed by atoms with van der Waals surface area (Å²) >= 11 is 0. The number of H-pyrrole nitrogens is 1. The van der Waals surface area contributed by atoms with Crippen LogP contribution in [0.2, 0.25) is 0 Å². The Morgan fingerprint density at radius 3 is 2.83 bits per heavy atom. The predicted octanol–water partition coefficient (Wildman–Crippen LogP) is 2.93. The Kier molecular flexibility index (Phi) is 5.74. The lowest BCUT2D eigenvalue weighted by molar-refractivity contribution is -0.133. The molecule has 1 amide bonds. The van der Waals surface area contributed by atoms with Crippen molar-refractivity contribution in [1.29, 1.82) is 0 Å². The quantitative estimate of drug-likeness (QED) is 0.701. The number of aromatic nitrogens is 1. The number of ether oxygens (including phenoxy) is 1. The van der Waals surface area contributed by atoms with E-state index in [9.17, 15) is 9.59 Å². The number of fused-ring (bicyclic) bond motifs is 1. The molecule has 150 valence electrons. The van der Waals surface area contributed by atoms with Crippen LogP contribution >= 0.6 is 0 Å². The van der Waals surface area contributed by atoms with Gasteiger partial charge in [-0.15, -0.1) is 0 Å². The predicted molar refractivity (Wildman–Crippen MR) is 114 cm³/mol. The van der Waals surface area contributed by atoms with E-state index in [1.165, 1.54) is 5.56 Å². The molecule has 1 aliphatic heterocycles. The standard InChI is InChI=1S/C23H25N3O3/c1-2-17-13-21(27)19-12-18(8-9-20(19)24-17)25-23(28)22-15-26(10-11-29-22)14-16-6-4-3-5-7-16/h3-9,12-13,22H,2,10-11,14-15H2,1H3,(H,24,27)(H,25,28)/t22-/m1/s1. The van der Waals surface area contributed by atoms with E-state index in [-0.39, 0.29) is 11.3 Å². The maximum absolute atomic E-state index is 12.7. The topological polar surface area (TPSA) is 74.4 Å². The van der Waals surface area contributed by atoms with Crippen LogP contribution in [-0.4, -0.2) is 41.6 Å². The third-order valence-corrected chi connectivity index (χ3v) is 5.23. The summed E-state index contributed by atoms with van der Waals surface area (Å²) in [6.07, 6.45) is 0.228. The van der Waals surface area contributed by atoms with Gasteiger partial charge in [-0.1, -0.05) is 37.3 Å². The number of amides is 1. The highest BCUT2D eigenvalue weighted by molar-refractivity contribution is 5.96. The molecule has 2 N–H and O–H groups in total. The molecule has 1 saturated heterocycles. The maximum Gasteiger partial charge on any atom is 0.254 e. The van der Waals surface area contributed by atoms with Crippen LogP contribution in [0.3, 0.4) is 0 Å². The van der Waals surface area contributed by atoms with Crippen LogP contribution in [0.15, 0.2) is 59.4 Å². The third kappa shape index (κ3) is 4.55. The molecular formula is C23H25N3O3. The molecule has 2 aromatic carbocycles. The molecule has 0 unspecified atom stereocenters. The average molecular weight is 391 g/mol. The first-order chi connectivity index (χ1) is 14.1. The fourth-order valence-corrected chi connectivity index (χ4v) is 3.64. The van der Waals surface area contributed by atoms with E-state index in [1.807, 2.05) is 31.2 Å². The van der Waals surface area contributed by atoms with Gasteiger partial charge in [0, 0.05) is 48.0 Å². The largest absolute Gasteiger partial charge is 0.366 e. The van der Waals surface area contributed by atoms with Gasteiger partial charge in [-0.3, -0.25) is 14.5 Å². The van der Waals surface area contributed by atoms with E-state index in [2.05, 4.69) is 27.3 Å². The number of morpholine rings is 1. The lowest BCUT2D eigenvalue weighted by atomic mass is 10.1. The molecule has 29 heavy (non-hydrogen) atoms. The number of pyridine rings is 1. The first kappa shape index (κ1) is 19.4. The number of carbonyl (C=O) groups excluding carboxylic acids is 1. The fourth-order valence-electron chi connectivity index (χ4n) is 3.64. The Morgan fingerprint density at radius 2 is 2.03 bits per heavy atom. The number of nitrogens with one attached hydrogen (secondary N) is 2. The van der Waals surface area contributed by atoms with Crippen molar-refractivity contribution >= 4 is 22.5 Å². The van der Waals surface area contributed by atoms with E-state index in [1.54, 1.807) is 18.2 Å². The van der Waals surface area contributed by atoms with Gasteiger partial charge in [-0.2, -0.15) is 0 Å². The zero-order valence-electron chi connectivity index (χ0n) is 16.5. The lowest BCUT2D eigenvalue weighted by Gasteiger charge is -2.32. The Morgan fingerprint density at radius 1 is 1.21 bits per heavy atom. The minimum atomic E-state index is -0.538. The summed E-state index contributed by atoms with van der Waals surface area (Å²) in [6.45, 7) is 4.64. The minimum absolute atomic E-state index is 0.0466. The molecule has 6 nitrogen and oxygen atoms in total. The highest BCUT2D eigenvalue weighted by Crippen LogP contribution is 2.17. The molecule has 0 bridgehead atoms. The van der Waals surface area contributed by atoms with Gasteiger partial charge in [0.2, 0.25) is 0 Å². The summed E-state index contributed by atoms with van der Waals surface area (Å²) < 4.78 is 5.70. The summed E-state index contributed by atoms with van der Waals surface area (Å²) in [5.74, 6) is -0.191. The normalized spacial score (nSPS) is 17.3. The van der Waals surface area contributed by atoms with Crippen LogP contribution < -0.4 is 10.7 Å². The van der Waals surface area contributed by atoms with Crippen molar-refractivity contribution in [3.05, 3.63) is 76.1 Å². The Hall–Kier alpha value is -2.96. The zero-order chi connectivity index (χ0) is 20.2. The summed E-state index contributed by atoms with van der Waals surface area (Å²) in [4.78, 5) is 30.6. The molecule has 1 aromatic heterocycles. The van der Waals surface area contributed by atoms with E-state index in [4.69, 9.17) is 4.74 Å². The van der Waals surface area contributed by atoms with Crippen LogP contribution in [0, 0.1) is 0 Å². The number of hydrogen-bond acceptors (Lipinski definition) is 4. The number of aromatic amines is 1. The summed E-state index contributed by atoms with van der Waals surface area (Å²) in [6, 6.07) is 17.2. The minimum Gasteiger partial charge on any atom is -0.366 e. The maximum atomic E-state index is 12.7. The second-order valence-corrected chi connectivity index (χ2v) is 7.34. The molecular weight excluding hydrogens is 366 g/mol. The monoisotopic (exact) mass is 391 g/mol. The van der Waals surface area contributed by atoms with E-state index >= 15 is 0 Å². The molecule has 0 spiro atoms. The van der Waals surface area contributed by atoms with Crippen LogP contribution in [0.5, 0.6) is 0 Å². The third-order valence-electron chi connectivity index (χ3n) is 5.23. The smallest absolute Gasteiger partial charge is 0.254 e. The van der Waals surface area contributed by atoms with Crippen LogP contribution in [-0.2, 0) is 22.5 Å². The fraction of sp³-hybridized carbons (Fsp3) is 0.304. The number of carbonyl (C=O) groups is 1. The van der Waals surface area contributed by atoms with Crippen LogP contribution in [0.4, 0.5) is 5.69 Å². The number of nitrogens with zero attached hydrogens (tertiary/aromatic N) is 1. The molecule has 3 aromatic rings. The Balaban J connectivity index is 1.44. The summed E-state index contributed by atoms with van der Waals surface area (Å²) in [5, 5.41) is 3.47. The number of rotatable bonds is 5. The van der Waals surface area contributed by atoms with Gasteiger partial charge in [0.05, 0.1) is 6.61 Å². The Bertz CT molecular complexity index is 1060. The second-order valence-electron chi connectivity index (χ2n) is 7.34. The molecule has 1 atom stereocenters. The highest BCUT2D eigenvalue weighted by Gasteiger charge is 2.26. The van der Waals surface area contributed by atoms with Gasteiger partial charge in [0.25, 0.3) is 5.91 Å². The molecule has 0 radical (unpaired) electrons. The van der Waals surface area contributed by atoms with E-state index in [0.29, 0.717) is 24.2 Å². The van der Waals surface area contributed by atoms with Crippen LogP contribution in [0.1, 0.15) is 18.2 Å². The van der Waals surface area contributed by atoms with Crippen molar-refractivity contribution in [1.82, 2.24) is 9.88 Å². The molecule has 1 fully saturated rings. The van der Waals surface area contributed by atoms with E-state index < -0.39 is 6.10 Å². The van der Waals surface area contributed by atoms with Gasteiger partial charge in [-0.05, 0) is 30.2 Å². The van der Waals surface area contributed by atoms with Gasteiger partial charge in [0.1, 0.15) is 6.10 Å².